The number of benzene rings is 1. The molecular formula is C22H26F6N2O2. The van der Waals surface area contributed by atoms with Gasteiger partial charge in [-0.15, -0.1) is 0 Å². The van der Waals surface area contributed by atoms with Gasteiger partial charge in [0.1, 0.15) is 0 Å². The molecule has 1 N–H and O–H groups in total. The molecule has 3 fully saturated rings. The molecule has 0 aromatic heterocycles. The van der Waals surface area contributed by atoms with E-state index < -0.39 is 35.1 Å². The minimum atomic E-state index is -4.89. The molecule has 0 spiro atoms. The van der Waals surface area contributed by atoms with Gasteiger partial charge < -0.3 is 15.0 Å². The molecule has 4 atom stereocenters. The Hall–Kier alpha value is -1.81. The van der Waals surface area contributed by atoms with Crippen LogP contribution in [-0.2, 0) is 28.5 Å². The van der Waals surface area contributed by atoms with Crippen molar-refractivity contribution >= 4 is 5.91 Å². The third kappa shape index (κ3) is 4.62. The van der Waals surface area contributed by atoms with E-state index in [1.165, 1.54) is 0 Å². The van der Waals surface area contributed by atoms with Crippen LogP contribution < -0.4 is 5.32 Å². The van der Waals surface area contributed by atoms with Crippen LogP contribution in [-0.4, -0.2) is 41.6 Å². The average Bonchev–Trinajstić information content (AvgIpc) is 3.32. The standard InChI is InChI=1S/C22H26F6N2O2/c1-20-11-16(19(31)30-6-2-3-7-30)17(29-20)4-5-18(20)32-12-13-8-14(21(23,24)25)10-15(9-13)22(26,27)28/h8-10,16-18,29H,2-7,11-12H2,1H3. The monoisotopic (exact) mass is 464 g/mol. The fourth-order valence-electron chi connectivity index (χ4n) is 5.33. The van der Waals surface area contributed by atoms with Crippen molar-refractivity contribution < 1.29 is 35.9 Å². The maximum Gasteiger partial charge on any atom is 0.416 e. The molecule has 178 valence electrons. The van der Waals surface area contributed by atoms with Crippen molar-refractivity contribution in [2.24, 2.45) is 5.92 Å². The van der Waals surface area contributed by atoms with Crippen LogP contribution in [0.5, 0.6) is 0 Å². The molecule has 0 saturated carbocycles. The number of hydrogen-bond donors (Lipinski definition) is 1. The first-order chi connectivity index (χ1) is 14.9. The van der Waals surface area contributed by atoms with Crippen molar-refractivity contribution in [3.05, 3.63) is 34.9 Å². The SMILES string of the molecule is CC12CC(C(=O)N3CCCC3)C(CCC1OCc1cc(C(F)(F)F)cc(C(F)(F)F)c1)N2. The van der Waals surface area contributed by atoms with Gasteiger partial charge in [0.2, 0.25) is 5.91 Å². The zero-order valence-electron chi connectivity index (χ0n) is 17.7. The Labute approximate surface area is 182 Å². The molecular weight excluding hydrogens is 438 g/mol. The summed E-state index contributed by atoms with van der Waals surface area (Å²) in [4.78, 5) is 14.8. The van der Waals surface area contributed by atoms with Gasteiger partial charge in [-0.25, -0.2) is 0 Å². The number of alkyl halides is 6. The molecule has 3 aliphatic heterocycles. The smallest absolute Gasteiger partial charge is 0.372 e. The number of fused-ring (bicyclic) bond motifs is 2. The van der Waals surface area contributed by atoms with E-state index in [1.807, 2.05) is 11.8 Å². The van der Waals surface area contributed by atoms with Gasteiger partial charge in [-0.05, 0) is 62.8 Å². The van der Waals surface area contributed by atoms with Crippen LogP contribution in [0.1, 0.15) is 55.7 Å². The van der Waals surface area contributed by atoms with E-state index in [4.69, 9.17) is 4.74 Å². The highest BCUT2D eigenvalue weighted by Gasteiger charge is 2.53. The van der Waals surface area contributed by atoms with Crippen LogP contribution >= 0.6 is 0 Å². The molecule has 1 aromatic carbocycles. The largest absolute Gasteiger partial charge is 0.416 e. The van der Waals surface area contributed by atoms with E-state index >= 15 is 0 Å². The lowest BCUT2D eigenvalue weighted by molar-refractivity contribution is -0.143. The quantitative estimate of drug-likeness (QED) is 0.654. The summed E-state index contributed by atoms with van der Waals surface area (Å²) in [5.41, 5.74) is -3.44. The molecule has 3 saturated heterocycles. The van der Waals surface area contributed by atoms with E-state index in [0.29, 0.717) is 31.4 Å². The van der Waals surface area contributed by atoms with Gasteiger partial charge in [-0.1, -0.05) is 0 Å². The highest BCUT2D eigenvalue weighted by Crippen LogP contribution is 2.42. The van der Waals surface area contributed by atoms with Crippen molar-refractivity contribution in [2.75, 3.05) is 13.1 Å². The van der Waals surface area contributed by atoms with Crippen molar-refractivity contribution in [2.45, 2.75) is 75.7 Å². The van der Waals surface area contributed by atoms with E-state index in [0.717, 1.165) is 25.9 Å². The van der Waals surface area contributed by atoms with Crippen molar-refractivity contribution in [1.29, 1.82) is 0 Å². The number of carbonyl (C=O) groups is 1. The molecule has 1 amide bonds. The number of halogens is 6. The molecule has 3 aliphatic rings. The summed E-state index contributed by atoms with van der Waals surface area (Å²) < 4.78 is 84.5. The third-order valence-corrected chi connectivity index (χ3v) is 6.93. The summed E-state index contributed by atoms with van der Waals surface area (Å²) in [7, 11) is 0. The van der Waals surface area contributed by atoms with Crippen LogP contribution in [0.2, 0.25) is 0 Å². The maximum atomic E-state index is 13.1. The van der Waals surface area contributed by atoms with Gasteiger partial charge in [-0.3, -0.25) is 4.79 Å². The van der Waals surface area contributed by atoms with Gasteiger partial charge >= 0.3 is 12.4 Å². The Morgan fingerprint density at radius 2 is 1.66 bits per heavy atom. The fourth-order valence-corrected chi connectivity index (χ4v) is 5.33. The molecule has 32 heavy (non-hydrogen) atoms. The fraction of sp³-hybridized carbons (Fsp3) is 0.682. The molecule has 2 bridgehead atoms. The molecule has 4 unspecified atom stereocenters. The molecule has 10 heteroatoms. The predicted octanol–water partition coefficient (Wildman–Crippen LogP) is 4.76. The lowest BCUT2D eigenvalue weighted by atomic mass is 9.88. The summed E-state index contributed by atoms with van der Waals surface area (Å²) >= 11 is 0. The highest BCUT2D eigenvalue weighted by atomic mass is 19.4. The lowest BCUT2D eigenvalue weighted by Crippen LogP contribution is -2.55. The van der Waals surface area contributed by atoms with Gasteiger partial charge in [0.25, 0.3) is 0 Å². The van der Waals surface area contributed by atoms with Crippen molar-refractivity contribution in [3.63, 3.8) is 0 Å². The molecule has 4 rings (SSSR count). The molecule has 0 aliphatic carbocycles. The van der Waals surface area contributed by atoms with Crippen LogP contribution in [0, 0.1) is 5.92 Å². The number of ether oxygens (including phenoxy) is 1. The summed E-state index contributed by atoms with van der Waals surface area (Å²) in [6, 6.07) is 1.53. The molecule has 4 nitrogen and oxygen atoms in total. The van der Waals surface area contributed by atoms with E-state index in [9.17, 15) is 31.1 Å². The highest BCUT2D eigenvalue weighted by molar-refractivity contribution is 5.80. The minimum absolute atomic E-state index is 0.0124. The number of likely N-dealkylation sites (tertiary alicyclic amines) is 1. The normalized spacial score (nSPS) is 30.7. The zero-order chi connectivity index (χ0) is 23.3. The molecule has 1 aromatic rings. The van der Waals surface area contributed by atoms with Crippen molar-refractivity contribution in [3.8, 4) is 0 Å². The lowest BCUT2D eigenvalue weighted by Gasteiger charge is -2.39. The van der Waals surface area contributed by atoms with Gasteiger partial charge in [0.15, 0.2) is 0 Å². The van der Waals surface area contributed by atoms with Crippen LogP contribution in [0.4, 0.5) is 26.3 Å². The summed E-state index contributed by atoms with van der Waals surface area (Å²) in [6.07, 6.45) is -6.42. The second kappa shape index (κ2) is 8.20. The number of carbonyl (C=O) groups excluding carboxylic acids is 1. The van der Waals surface area contributed by atoms with E-state index in [1.54, 1.807) is 0 Å². The Balaban J connectivity index is 1.47. The number of nitrogens with one attached hydrogen (secondary N) is 1. The molecule has 3 heterocycles. The predicted molar refractivity (Wildman–Crippen MR) is 104 cm³/mol. The average molecular weight is 464 g/mol. The molecule has 0 radical (unpaired) electrons. The summed E-state index contributed by atoms with van der Waals surface area (Å²) in [5.74, 6) is -0.0610. The van der Waals surface area contributed by atoms with Crippen molar-refractivity contribution in [1.82, 2.24) is 10.2 Å². The number of amides is 1. The van der Waals surface area contributed by atoms with E-state index in [2.05, 4.69) is 5.32 Å². The van der Waals surface area contributed by atoms with Crippen LogP contribution in [0.15, 0.2) is 18.2 Å². The van der Waals surface area contributed by atoms with Gasteiger partial charge in [0, 0.05) is 24.7 Å². The van der Waals surface area contributed by atoms with Gasteiger partial charge in [0.05, 0.1) is 29.8 Å². The van der Waals surface area contributed by atoms with E-state index in [-0.39, 0.29) is 36.1 Å². The first-order valence-electron chi connectivity index (χ1n) is 10.8. The van der Waals surface area contributed by atoms with Crippen LogP contribution in [0.25, 0.3) is 0 Å². The zero-order valence-corrected chi connectivity index (χ0v) is 17.7. The Kier molecular flexibility index (Phi) is 5.98. The first-order valence-corrected chi connectivity index (χ1v) is 10.8. The number of piperidine rings is 1. The second-order valence-corrected chi connectivity index (χ2v) is 9.30. The minimum Gasteiger partial charge on any atom is -0.372 e. The maximum absolute atomic E-state index is 13.1. The number of nitrogens with zero attached hydrogens (tertiary/aromatic N) is 1. The van der Waals surface area contributed by atoms with Crippen LogP contribution in [0.3, 0.4) is 0 Å². The second-order valence-electron chi connectivity index (χ2n) is 9.30. The third-order valence-electron chi connectivity index (χ3n) is 6.93. The Morgan fingerprint density at radius 3 is 2.22 bits per heavy atom. The van der Waals surface area contributed by atoms with Gasteiger partial charge in [-0.2, -0.15) is 26.3 Å². The summed E-state index contributed by atoms with van der Waals surface area (Å²) in [5, 5.41) is 3.45. The summed E-state index contributed by atoms with van der Waals surface area (Å²) in [6.45, 7) is 3.06. The first kappa shape index (κ1) is 23.4. The Morgan fingerprint density at radius 1 is 1.06 bits per heavy atom. The number of hydrogen-bond acceptors (Lipinski definition) is 3. The number of rotatable bonds is 4. The Bertz CT molecular complexity index is 833. The topological polar surface area (TPSA) is 41.6 Å².